The van der Waals surface area contributed by atoms with Crippen LogP contribution in [0.4, 0.5) is 5.69 Å². The fourth-order valence-corrected chi connectivity index (χ4v) is 2.66. The molecule has 6 nitrogen and oxygen atoms in total. The molecule has 1 fully saturated rings. The van der Waals surface area contributed by atoms with Gasteiger partial charge in [0.25, 0.3) is 5.91 Å². The van der Waals surface area contributed by atoms with E-state index in [1.54, 1.807) is 0 Å². The zero-order valence-electron chi connectivity index (χ0n) is 11.4. The largest absolute Gasteiger partial charge is 0.396 e. The topological polar surface area (TPSA) is 104 Å². The Hall–Kier alpha value is -1.56. The Morgan fingerprint density at radius 1 is 1.58 bits per heavy atom. The Morgan fingerprint density at radius 3 is 2.89 bits per heavy atom. The van der Waals surface area contributed by atoms with E-state index in [1.807, 2.05) is 13.8 Å². The highest BCUT2D eigenvalue weighted by Gasteiger charge is 2.29. The van der Waals surface area contributed by atoms with Crippen LogP contribution in [0.3, 0.4) is 0 Å². The maximum atomic E-state index is 12.2. The summed E-state index contributed by atoms with van der Waals surface area (Å²) < 4.78 is 0. The average molecular weight is 266 g/mol. The maximum absolute atomic E-state index is 12.2. The minimum atomic E-state index is -0.258. The summed E-state index contributed by atoms with van der Waals surface area (Å²) in [5.41, 5.74) is 7.41. The van der Waals surface area contributed by atoms with E-state index in [1.165, 1.54) is 0 Å². The van der Waals surface area contributed by atoms with E-state index in [2.05, 4.69) is 15.5 Å². The van der Waals surface area contributed by atoms with Crippen molar-refractivity contribution in [1.82, 2.24) is 15.5 Å². The molecule has 19 heavy (non-hydrogen) atoms. The van der Waals surface area contributed by atoms with Crippen molar-refractivity contribution in [3.05, 3.63) is 11.4 Å². The number of nitrogens with two attached hydrogens (primary N) is 1. The summed E-state index contributed by atoms with van der Waals surface area (Å²) in [5.74, 6) is 0.0883. The molecule has 2 rings (SSSR count). The number of carbonyl (C=O) groups is 1. The van der Waals surface area contributed by atoms with Crippen molar-refractivity contribution in [2.24, 2.45) is 5.92 Å². The third-order valence-electron chi connectivity index (χ3n) is 3.84. The predicted octanol–water partition coefficient (Wildman–Crippen LogP) is 1.01. The smallest absolute Gasteiger partial charge is 0.274 e. The number of nitrogens with one attached hydrogen (secondary N) is 2. The molecule has 0 aliphatic heterocycles. The number of aliphatic hydroxyl groups is 1. The van der Waals surface area contributed by atoms with E-state index in [-0.39, 0.29) is 36.1 Å². The van der Waals surface area contributed by atoms with E-state index in [4.69, 9.17) is 5.73 Å². The zero-order chi connectivity index (χ0) is 14.0. The van der Waals surface area contributed by atoms with Crippen LogP contribution in [0, 0.1) is 5.92 Å². The predicted molar refractivity (Wildman–Crippen MR) is 72.8 cm³/mol. The number of nitrogen functional groups attached to an aromatic ring is 1. The number of hydrogen-bond acceptors (Lipinski definition) is 4. The van der Waals surface area contributed by atoms with Crippen molar-refractivity contribution in [1.29, 1.82) is 0 Å². The molecule has 1 amide bonds. The molecule has 1 saturated carbocycles. The van der Waals surface area contributed by atoms with Gasteiger partial charge in [-0.1, -0.05) is 20.3 Å². The molecule has 1 aliphatic rings. The number of hydrogen-bond donors (Lipinski definition) is 4. The van der Waals surface area contributed by atoms with Crippen molar-refractivity contribution < 1.29 is 9.90 Å². The number of aliphatic hydroxyl groups excluding tert-OH is 1. The SMILES string of the molecule is CC(C)c1[nH]nc(C(=O)NC2CCCC2CO)c1N. The van der Waals surface area contributed by atoms with Gasteiger partial charge in [0.2, 0.25) is 0 Å². The van der Waals surface area contributed by atoms with E-state index < -0.39 is 0 Å². The lowest BCUT2D eigenvalue weighted by molar-refractivity contribution is 0.0912. The monoisotopic (exact) mass is 266 g/mol. The number of aromatic amines is 1. The fourth-order valence-electron chi connectivity index (χ4n) is 2.66. The molecule has 1 aromatic rings. The number of nitrogens with zero attached hydrogens (tertiary/aromatic N) is 1. The average Bonchev–Trinajstić information content (AvgIpc) is 2.95. The molecule has 0 saturated heterocycles. The van der Waals surface area contributed by atoms with E-state index in [0.29, 0.717) is 5.69 Å². The standard InChI is InChI=1S/C13H22N4O2/c1-7(2)11-10(14)12(17-16-11)13(19)15-9-5-3-4-8(9)6-18/h7-9,18H,3-6,14H2,1-2H3,(H,15,19)(H,16,17). The molecule has 0 spiro atoms. The van der Waals surface area contributed by atoms with Gasteiger partial charge in [-0.25, -0.2) is 0 Å². The van der Waals surface area contributed by atoms with Gasteiger partial charge in [0.05, 0.1) is 11.4 Å². The lowest BCUT2D eigenvalue weighted by Gasteiger charge is -2.18. The fraction of sp³-hybridized carbons (Fsp3) is 0.692. The Morgan fingerprint density at radius 2 is 2.32 bits per heavy atom. The summed E-state index contributed by atoms with van der Waals surface area (Å²) in [6.07, 6.45) is 2.89. The Bertz CT molecular complexity index is 455. The first kappa shape index (κ1) is 13.9. The van der Waals surface area contributed by atoms with E-state index in [9.17, 15) is 9.90 Å². The second kappa shape index (κ2) is 5.61. The lowest BCUT2D eigenvalue weighted by atomic mass is 10.0. The molecule has 2 atom stereocenters. The quantitative estimate of drug-likeness (QED) is 0.652. The van der Waals surface area contributed by atoms with Gasteiger partial charge in [0.1, 0.15) is 0 Å². The lowest BCUT2D eigenvalue weighted by Crippen LogP contribution is -2.39. The highest BCUT2D eigenvalue weighted by molar-refractivity contribution is 5.97. The number of anilines is 1. The number of amides is 1. The van der Waals surface area contributed by atoms with Crippen molar-refractivity contribution in [2.75, 3.05) is 12.3 Å². The summed E-state index contributed by atoms with van der Waals surface area (Å²) in [6.45, 7) is 4.09. The van der Waals surface area contributed by atoms with Crippen LogP contribution in [0.25, 0.3) is 0 Å². The van der Waals surface area contributed by atoms with Crippen molar-refractivity contribution in [3.8, 4) is 0 Å². The van der Waals surface area contributed by atoms with Crippen molar-refractivity contribution in [3.63, 3.8) is 0 Å². The van der Waals surface area contributed by atoms with Crippen molar-refractivity contribution >= 4 is 11.6 Å². The summed E-state index contributed by atoms with van der Waals surface area (Å²) >= 11 is 0. The third kappa shape index (κ3) is 2.73. The third-order valence-corrected chi connectivity index (χ3v) is 3.84. The first-order valence-electron chi connectivity index (χ1n) is 6.80. The molecule has 1 aromatic heterocycles. The second-order valence-corrected chi connectivity index (χ2v) is 5.51. The van der Waals surface area contributed by atoms with Crippen LogP contribution in [-0.4, -0.2) is 33.9 Å². The molecule has 1 aliphatic carbocycles. The minimum Gasteiger partial charge on any atom is -0.396 e. The van der Waals surface area contributed by atoms with Crippen LogP contribution in [0.2, 0.25) is 0 Å². The molecular weight excluding hydrogens is 244 g/mol. The normalized spacial score (nSPS) is 22.9. The number of carbonyl (C=O) groups excluding carboxylic acids is 1. The Labute approximate surface area is 112 Å². The molecule has 1 heterocycles. The van der Waals surface area contributed by atoms with Crippen LogP contribution in [0.15, 0.2) is 0 Å². The van der Waals surface area contributed by atoms with Gasteiger partial charge in [-0.3, -0.25) is 9.89 Å². The Kier molecular flexibility index (Phi) is 4.09. The van der Waals surface area contributed by atoms with Crippen LogP contribution < -0.4 is 11.1 Å². The number of aromatic nitrogens is 2. The van der Waals surface area contributed by atoms with Gasteiger partial charge in [-0.15, -0.1) is 0 Å². The molecule has 6 heteroatoms. The van der Waals surface area contributed by atoms with Crippen LogP contribution in [-0.2, 0) is 0 Å². The minimum absolute atomic E-state index is 0.0242. The highest BCUT2D eigenvalue weighted by atomic mass is 16.3. The molecule has 5 N–H and O–H groups in total. The van der Waals surface area contributed by atoms with Gasteiger partial charge in [-0.2, -0.15) is 5.10 Å². The number of H-pyrrole nitrogens is 1. The maximum Gasteiger partial charge on any atom is 0.274 e. The van der Waals surface area contributed by atoms with Crippen LogP contribution in [0.5, 0.6) is 0 Å². The number of rotatable bonds is 4. The zero-order valence-corrected chi connectivity index (χ0v) is 11.4. The molecular formula is C13H22N4O2. The highest BCUT2D eigenvalue weighted by Crippen LogP contribution is 2.26. The van der Waals surface area contributed by atoms with E-state index >= 15 is 0 Å². The van der Waals surface area contributed by atoms with Gasteiger partial charge >= 0.3 is 0 Å². The van der Waals surface area contributed by atoms with Gasteiger partial charge in [0.15, 0.2) is 5.69 Å². The molecule has 0 aromatic carbocycles. The molecule has 0 radical (unpaired) electrons. The van der Waals surface area contributed by atoms with Crippen LogP contribution in [0.1, 0.15) is 55.2 Å². The summed E-state index contributed by atoms with van der Waals surface area (Å²) in [7, 11) is 0. The van der Waals surface area contributed by atoms with E-state index in [0.717, 1.165) is 25.0 Å². The summed E-state index contributed by atoms with van der Waals surface area (Å²) in [4.78, 5) is 12.2. The first-order chi connectivity index (χ1) is 9.04. The van der Waals surface area contributed by atoms with Gasteiger partial charge in [0, 0.05) is 18.6 Å². The van der Waals surface area contributed by atoms with Crippen molar-refractivity contribution in [2.45, 2.75) is 45.1 Å². The summed E-state index contributed by atoms with van der Waals surface area (Å²) in [6, 6.07) is 0.0242. The van der Waals surface area contributed by atoms with Gasteiger partial charge in [-0.05, 0) is 18.8 Å². The first-order valence-corrected chi connectivity index (χ1v) is 6.80. The molecule has 2 unspecified atom stereocenters. The summed E-state index contributed by atoms with van der Waals surface area (Å²) in [5, 5.41) is 19.0. The Balaban J connectivity index is 2.08. The van der Waals surface area contributed by atoms with Gasteiger partial charge < -0.3 is 16.2 Å². The molecule has 106 valence electrons. The second-order valence-electron chi connectivity index (χ2n) is 5.51. The van der Waals surface area contributed by atoms with Crippen LogP contribution >= 0.6 is 0 Å². The molecule has 0 bridgehead atoms.